The largest absolute Gasteiger partial charge is 0.378 e. The van der Waals surface area contributed by atoms with Gasteiger partial charge in [-0.15, -0.1) is 0 Å². The summed E-state index contributed by atoms with van der Waals surface area (Å²) >= 11 is 6.36. The molecule has 172 valence electrons. The van der Waals surface area contributed by atoms with E-state index in [2.05, 4.69) is 4.72 Å². The van der Waals surface area contributed by atoms with E-state index in [0.717, 1.165) is 6.26 Å². The molecule has 1 aromatic rings. The topological polar surface area (TPSA) is 105 Å². The molecule has 0 amide bonds. The van der Waals surface area contributed by atoms with Crippen LogP contribution in [0.2, 0.25) is 5.02 Å². The molecular weight excluding hydrogens is 454 g/mol. The van der Waals surface area contributed by atoms with Crippen LogP contribution in [0.25, 0.3) is 0 Å². The average Bonchev–Trinajstić information content (AvgIpc) is 3.13. The van der Waals surface area contributed by atoms with E-state index in [1.165, 1.54) is 23.5 Å². The molecule has 1 fully saturated rings. The van der Waals surface area contributed by atoms with Gasteiger partial charge in [-0.05, 0) is 24.6 Å². The predicted octanol–water partition coefficient (Wildman–Crippen LogP) is 1.14. The van der Waals surface area contributed by atoms with Crippen LogP contribution in [-0.2, 0) is 29.5 Å². The number of ether oxygens (including phenoxy) is 2. The number of anilines is 1. The highest BCUT2D eigenvalue weighted by Gasteiger charge is 2.39. The van der Waals surface area contributed by atoms with Gasteiger partial charge in [-0.25, -0.2) is 21.6 Å². The Morgan fingerprint density at radius 2 is 1.97 bits per heavy atom. The van der Waals surface area contributed by atoms with Gasteiger partial charge in [-0.2, -0.15) is 4.31 Å². The second-order valence-electron chi connectivity index (χ2n) is 7.51. The maximum atomic E-state index is 13.0. The Kier molecular flexibility index (Phi) is 8.53. The molecule has 0 aromatic heterocycles. The number of hydrogen-bond donors (Lipinski definition) is 1. The zero-order valence-corrected chi connectivity index (χ0v) is 20.1. The zero-order valence-electron chi connectivity index (χ0n) is 17.7. The monoisotopic (exact) mass is 483 g/mol. The molecule has 1 N–H and O–H groups in total. The molecule has 1 unspecified atom stereocenters. The summed E-state index contributed by atoms with van der Waals surface area (Å²) in [4.78, 5) is 1.94. The minimum atomic E-state index is -3.76. The van der Waals surface area contributed by atoms with Crippen LogP contribution in [0.15, 0.2) is 23.1 Å². The van der Waals surface area contributed by atoms with Crippen molar-refractivity contribution in [3.8, 4) is 0 Å². The van der Waals surface area contributed by atoms with E-state index >= 15 is 0 Å². The molecule has 1 aromatic carbocycles. The summed E-state index contributed by atoms with van der Waals surface area (Å²) in [6, 6.07) is 4.60. The summed E-state index contributed by atoms with van der Waals surface area (Å²) in [6.45, 7) is 1.92. The number of methoxy groups -OCH3 is 1. The lowest BCUT2D eigenvalue weighted by Crippen LogP contribution is -2.45. The lowest BCUT2D eigenvalue weighted by Gasteiger charge is -2.30. The maximum absolute atomic E-state index is 13.0. The summed E-state index contributed by atoms with van der Waals surface area (Å²) < 4.78 is 62.9. The Labute approximate surface area is 184 Å². The summed E-state index contributed by atoms with van der Waals surface area (Å²) in [5.74, 6) is 0. The maximum Gasteiger partial charge on any atom is 0.242 e. The molecule has 0 spiro atoms. The van der Waals surface area contributed by atoms with Gasteiger partial charge in [0.05, 0.1) is 28.5 Å². The third-order valence-electron chi connectivity index (χ3n) is 5.08. The fraction of sp³-hybridized carbons (Fsp3) is 0.667. The van der Waals surface area contributed by atoms with Crippen molar-refractivity contribution >= 4 is 37.3 Å². The molecular formula is C18H30ClN3O6S2. The number of hydrogen-bond acceptors (Lipinski definition) is 7. The minimum Gasteiger partial charge on any atom is -0.378 e. The van der Waals surface area contributed by atoms with Gasteiger partial charge in [0.15, 0.2) is 0 Å². The second kappa shape index (κ2) is 10.1. The molecule has 12 heteroatoms. The minimum absolute atomic E-state index is 0.0936. The smallest absolute Gasteiger partial charge is 0.242 e. The van der Waals surface area contributed by atoms with Crippen molar-refractivity contribution < 1.29 is 26.3 Å². The lowest BCUT2D eigenvalue weighted by molar-refractivity contribution is -0.0255. The SMILES string of the molecule is COC1(CN(C)S(=O)(=O)c2ccc(N(C)CCCNS(C)(=O)=O)c(Cl)c2)CCOC1. The number of nitrogens with zero attached hydrogens (tertiary/aromatic N) is 2. The highest BCUT2D eigenvalue weighted by molar-refractivity contribution is 7.89. The van der Waals surface area contributed by atoms with Gasteiger partial charge in [-0.1, -0.05) is 11.6 Å². The molecule has 1 aliphatic rings. The van der Waals surface area contributed by atoms with Gasteiger partial charge in [-0.3, -0.25) is 0 Å². The van der Waals surface area contributed by atoms with Crippen molar-refractivity contribution in [1.29, 1.82) is 0 Å². The number of likely N-dealkylation sites (N-methyl/N-ethyl adjacent to an activating group) is 1. The molecule has 0 aliphatic carbocycles. The van der Waals surface area contributed by atoms with Crippen molar-refractivity contribution in [2.45, 2.75) is 23.3 Å². The highest BCUT2D eigenvalue weighted by Crippen LogP contribution is 2.30. The number of rotatable bonds is 11. The molecule has 0 saturated carbocycles. The molecule has 1 aliphatic heterocycles. The van der Waals surface area contributed by atoms with Gasteiger partial charge in [0.1, 0.15) is 5.60 Å². The highest BCUT2D eigenvalue weighted by atomic mass is 35.5. The molecule has 30 heavy (non-hydrogen) atoms. The first-order chi connectivity index (χ1) is 13.9. The van der Waals surface area contributed by atoms with E-state index in [1.54, 1.807) is 13.2 Å². The molecule has 0 radical (unpaired) electrons. The molecule has 9 nitrogen and oxygen atoms in total. The second-order valence-corrected chi connectivity index (χ2v) is 11.8. The van der Waals surface area contributed by atoms with Gasteiger partial charge in [0.25, 0.3) is 0 Å². The molecule has 0 bridgehead atoms. The van der Waals surface area contributed by atoms with Gasteiger partial charge >= 0.3 is 0 Å². The molecule has 1 heterocycles. The Hall–Kier alpha value is -0.950. The lowest BCUT2D eigenvalue weighted by atomic mass is 10.0. The van der Waals surface area contributed by atoms with Crippen LogP contribution in [0.4, 0.5) is 5.69 Å². The first kappa shape index (κ1) is 25.3. The van der Waals surface area contributed by atoms with Crippen molar-refractivity contribution in [2.24, 2.45) is 0 Å². The fourth-order valence-electron chi connectivity index (χ4n) is 3.26. The van der Waals surface area contributed by atoms with Crippen LogP contribution in [0.3, 0.4) is 0 Å². The number of benzene rings is 1. The average molecular weight is 484 g/mol. The first-order valence-electron chi connectivity index (χ1n) is 9.45. The molecule has 1 atom stereocenters. The van der Waals surface area contributed by atoms with Crippen LogP contribution >= 0.6 is 11.6 Å². The van der Waals surface area contributed by atoms with Crippen LogP contribution in [0.5, 0.6) is 0 Å². The Bertz CT molecular complexity index is 933. The van der Waals surface area contributed by atoms with E-state index < -0.39 is 25.6 Å². The third-order valence-corrected chi connectivity index (χ3v) is 7.91. The Morgan fingerprint density at radius 1 is 1.27 bits per heavy atom. The number of nitrogens with one attached hydrogen (secondary N) is 1. The van der Waals surface area contributed by atoms with Crippen LogP contribution < -0.4 is 9.62 Å². The summed E-state index contributed by atoms with van der Waals surface area (Å²) in [6.07, 6.45) is 2.31. The fourth-order valence-corrected chi connectivity index (χ4v) is 5.44. The quantitative estimate of drug-likeness (QED) is 0.470. The third kappa shape index (κ3) is 6.52. The summed E-state index contributed by atoms with van der Waals surface area (Å²) in [5, 5.41) is 0.300. The van der Waals surface area contributed by atoms with E-state index in [1.807, 2.05) is 11.9 Å². The number of halogens is 1. The van der Waals surface area contributed by atoms with Crippen molar-refractivity contribution in [1.82, 2.24) is 9.03 Å². The van der Waals surface area contributed by atoms with E-state index in [-0.39, 0.29) is 11.4 Å². The summed E-state index contributed by atoms with van der Waals surface area (Å²) in [5.41, 5.74) is 0.0152. The zero-order chi connectivity index (χ0) is 22.6. The molecule has 2 rings (SSSR count). The molecule has 1 saturated heterocycles. The van der Waals surface area contributed by atoms with Crippen LogP contribution in [-0.4, -0.2) is 87.1 Å². The van der Waals surface area contributed by atoms with Crippen LogP contribution in [0.1, 0.15) is 12.8 Å². The van der Waals surface area contributed by atoms with Crippen molar-refractivity contribution in [3.05, 3.63) is 23.2 Å². The van der Waals surface area contributed by atoms with Crippen LogP contribution in [0, 0.1) is 0 Å². The van der Waals surface area contributed by atoms with E-state index in [9.17, 15) is 16.8 Å². The normalized spacial score (nSPS) is 20.1. The van der Waals surface area contributed by atoms with Gasteiger partial charge in [0, 0.05) is 53.9 Å². The van der Waals surface area contributed by atoms with Gasteiger partial charge in [0.2, 0.25) is 20.0 Å². The number of sulfonamides is 2. The van der Waals surface area contributed by atoms with Crippen molar-refractivity contribution in [3.63, 3.8) is 0 Å². The predicted molar refractivity (Wildman–Crippen MR) is 117 cm³/mol. The first-order valence-corrected chi connectivity index (χ1v) is 13.2. The standard InChI is InChI=1S/C18H30ClN3O6S2/c1-21(10-5-9-20-29(4,23)24)17-7-6-15(12-16(17)19)30(25,26)22(2)13-18(27-3)8-11-28-14-18/h6-7,12,20H,5,8-11,13-14H2,1-4H3. The van der Waals surface area contributed by atoms with E-state index in [0.29, 0.717) is 49.9 Å². The Balaban J connectivity index is 2.07. The van der Waals surface area contributed by atoms with Gasteiger partial charge < -0.3 is 14.4 Å². The Morgan fingerprint density at radius 3 is 2.50 bits per heavy atom. The van der Waals surface area contributed by atoms with E-state index in [4.69, 9.17) is 21.1 Å². The van der Waals surface area contributed by atoms with Crippen molar-refractivity contribution in [2.75, 3.05) is 65.2 Å². The summed E-state index contributed by atoms with van der Waals surface area (Å²) in [7, 11) is -2.10.